The first kappa shape index (κ1) is 12.0. The summed E-state index contributed by atoms with van der Waals surface area (Å²) in [6.07, 6.45) is 1.09. The highest BCUT2D eigenvalue weighted by Crippen LogP contribution is 2.24. The zero-order valence-corrected chi connectivity index (χ0v) is 11.3. The van der Waals surface area contributed by atoms with Crippen LogP contribution in [0.3, 0.4) is 0 Å². The van der Waals surface area contributed by atoms with E-state index in [1.54, 1.807) is 11.3 Å². The van der Waals surface area contributed by atoms with E-state index < -0.39 is 0 Å². The summed E-state index contributed by atoms with van der Waals surface area (Å²) in [7, 11) is 0. The normalized spacial score (nSPS) is 10.5. The maximum atomic E-state index is 4.60. The number of hydrogen-bond acceptors (Lipinski definition) is 4. The second kappa shape index (κ2) is 5.27. The summed E-state index contributed by atoms with van der Waals surface area (Å²) in [4.78, 5) is 10.3. The van der Waals surface area contributed by atoms with Gasteiger partial charge in [0.2, 0.25) is 0 Å². The van der Waals surface area contributed by atoms with Crippen molar-refractivity contribution in [3.05, 3.63) is 28.8 Å². The number of nitrogens with one attached hydrogen (secondary N) is 1. The Hall–Kier alpha value is -1.42. The number of thiophene rings is 1. The molecule has 0 aromatic carbocycles. The zero-order valence-electron chi connectivity index (χ0n) is 10.4. The molecule has 2 aromatic heterocycles. The molecule has 0 atom stereocenters. The number of hydrogen-bond donors (Lipinski definition) is 1. The largest absolute Gasteiger partial charge is 0.370 e. The van der Waals surface area contributed by atoms with Crippen LogP contribution in [-0.4, -0.2) is 16.5 Å². The van der Waals surface area contributed by atoms with Crippen molar-refractivity contribution in [1.82, 2.24) is 9.97 Å². The predicted octanol–water partition coefficient (Wildman–Crippen LogP) is 3.64. The highest BCUT2D eigenvalue weighted by atomic mass is 32.1. The molecule has 0 amide bonds. The van der Waals surface area contributed by atoms with Crippen molar-refractivity contribution < 1.29 is 0 Å². The van der Waals surface area contributed by atoms with Crippen molar-refractivity contribution in [2.75, 3.05) is 11.9 Å². The van der Waals surface area contributed by atoms with Gasteiger partial charge in [-0.25, -0.2) is 9.97 Å². The van der Waals surface area contributed by atoms with Gasteiger partial charge in [-0.05, 0) is 31.7 Å². The molecule has 0 fully saturated rings. The minimum atomic E-state index is 0.821. The molecule has 0 unspecified atom stereocenters. The fraction of sp³-hybridized carbons (Fsp3) is 0.385. The number of aromatic nitrogens is 2. The summed E-state index contributed by atoms with van der Waals surface area (Å²) in [6, 6.07) is 4.08. The molecular formula is C13H17N3S. The minimum Gasteiger partial charge on any atom is -0.370 e. The Morgan fingerprint density at radius 1 is 1.29 bits per heavy atom. The molecule has 0 aliphatic heterocycles. The van der Waals surface area contributed by atoms with Gasteiger partial charge in [-0.15, -0.1) is 11.3 Å². The van der Waals surface area contributed by atoms with Gasteiger partial charge in [-0.2, -0.15) is 0 Å². The van der Waals surface area contributed by atoms with Crippen LogP contribution < -0.4 is 5.32 Å². The molecule has 4 heteroatoms. The van der Waals surface area contributed by atoms with Crippen molar-refractivity contribution >= 4 is 17.2 Å². The molecule has 1 N–H and O–H groups in total. The third kappa shape index (κ3) is 2.64. The number of rotatable bonds is 4. The van der Waals surface area contributed by atoms with Crippen LogP contribution in [0.4, 0.5) is 5.82 Å². The number of nitrogens with zero attached hydrogens (tertiary/aromatic N) is 2. The molecule has 3 nitrogen and oxygen atoms in total. The zero-order chi connectivity index (χ0) is 12.3. The van der Waals surface area contributed by atoms with Crippen LogP contribution in [-0.2, 0) is 0 Å². The van der Waals surface area contributed by atoms with Gasteiger partial charge in [0.1, 0.15) is 5.82 Å². The highest BCUT2D eigenvalue weighted by molar-refractivity contribution is 7.13. The van der Waals surface area contributed by atoms with E-state index in [0.29, 0.717) is 0 Å². The molecule has 2 aromatic rings. The van der Waals surface area contributed by atoms with Gasteiger partial charge in [0, 0.05) is 17.8 Å². The molecule has 0 radical (unpaired) electrons. The highest BCUT2D eigenvalue weighted by Gasteiger charge is 2.09. The Morgan fingerprint density at radius 2 is 2.12 bits per heavy atom. The van der Waals surface area contributed by atoms with Crippen LogP contribution in [0.15, 0.2) is 17.5 Å². The lowest BCUT2D eigenvalue weighted by molar-refractivity contribution is 0.955. The Morgan fingerprint density at radius 3 is 2.76 bits per heavy atom. The predicted molar refractivity (Wildman–Crippen MR) is 73.6 cm³/mol. The molecule has 0 saturated heterocycles. The Labute approximate surface area is 106 Å². The summed E-state index contributed by atoms with van der Waals surface area (Å²) in [5.74, 6) is 1.78. The standard InChI is InChI=1S/C13H17N3S/c1-4-7-14-12-9(2)10(3)15-13(16-12)11-6-5-8-17-11/h5-6,8H,4,7H2,1-3H3,(H,14,15,16). The van der Waals surface area contributed by atoms with Crippen LogP contribution >= 0.6 is 11.3 Å². The fourth-order valence-electron chi connectivity index (χ4n) is 1.56. The van der Waals surface area contributed by atoms with Gasteiger partial charge in [0.25, 0.3) is 0 Å². The summed E-state index contributed by atoms with van der Waals surface area (Å²) in [6.45, 7) is 7.19. The maximum absolute atomic E-state index is 4.60. The SMILES string of the molecule is CCCNc1nc(-c2cccs2)nc(C)c1C. The van der Waals surface area contributed by atoms with E-state index in [-0.39, 0.29) is 0 Å². The molecule has 0 bridgehead atoms. The van der Waals surface area contributed by atoms with E-state index >= 15 is 0 Å². The maximum Gasteiger partial charge on any atom is 0.171 e. The van der Waals surface area contributed by atoms with E-state index in [4.69, 9.17) is 0 Å². The molecule has 0 spiro atoms. The molecule has 17 heavy (non-hydrogen) atoms. The Bertz CT molecular complexity index is 492. The first-order chi connectivity index (χ1) is 8.22. The third-order valence-corrected chi connectivity index (χ3v) is 3.54. The van der Waals surface area contributed by atoms with Crippen LogP contribution in [0, 0.1) is 13.8 Å². The molecule has 0 aliphatic rings. The van der Waals surface area contributed by atoms with Gasteiger partial charge in [-0.1, -0.05) is 13.0 Å². The van der Waals surface area contributed by atoms with Crippen LogP contribution in [0.1, 0.15) is 24.6 Å². The van der Waals surface area contributed by atoms with Crippen LogP contribution in [0.5, 0.6) is 0 Å². The summed E-state index contributed by atoms with van der Waals surface area (Å²) in [5.41, 5.74) is 2.18. The quantitative estimate of drug-likeness (QED) is 0.896. The molecular weight excluding hydrogens is 230 g/mol. The number of aryl methyl sites for hydroxylation is 1. The monoisotopic (exact) mass is 247 g/mol. The smallest absolute Gasteiger partial charge is 0.171 e. The summed E-state index contributed by atoms with van der Waals surface area (Å²) < 4.78 is 0. The second-order valence-electron chi connectivity index (χ2n) is 4.01. The van der Waals surface area contributed by atoms with Gasteiger partial charge < -0.3 is 5.32 Å². The fourth-order valence-corrected chi connectivity index (χ4v) is 2.22. The summed E-state index contributed by atoms with van der Waals surface area (Å²) in [5, 5.41) is 5.41. The Kier molecular flexibility index (Phi) is 3.74. The second-order valence-corrected chi connectivity index (χ2v) is 4.96. The lowest BCUT2D eigenvalue weighted by Gasteiger charge is -2.10. The van der Waals surface area contributed by atoms with E-state index in [1.165, 1.54) is 0 Å². The molecule has 2 rings (SSSR count). The molecule has 90 valence electrons. The Balaban J connectivity index is 2.39. The van der Waals surface area contributed by atoms with Crippen molar-refractivity contribution in [3.63, 3.8) is 0 Å². The molecule has 0 aliphatic carbocycles. The first-order valence-corrected chi connectivity index (χ1v) is 6.73. The van der Waals surface area contributed by atoms with Gasteiger partial charge >= 0.3 is 0 Å². The molecule has 2 heterocycles. The van der Waals surface area contributed by atoms with Gasteiger partial charge in [0.15, 0.2) is 5.82 Å². The average molecular weight is 247 g/mol. The average Bonchev–Trinajstić information content (AvgIpc) is 2.84. The van der Waals surface area contributed by atoms with Gasteiger partial charge in [0.05, 0.1) is 4.88 Å². The summed E-state index contributed by atoms with van der Waals surface area (Å²) >= 11 is 1.67. The van der Waals surface area contributed by atoms with Crippen molar-refractivity contribution in [1.29, 1.82) is 0 Å². The lowest BCUT2D eigenvalue weighted by Crippen LogP contribution is -2.07. The minimum absolute atomic E-state index is 0.821. The van der Waals surface area contributed by atoms with E-state index in [9.17, 15) is 0 Å². The number of anilines is 1. The van der Waals surface area contributed by atoms with E-state index in [1.807, 2.05) is 18.4 Å². The first-order valence-electron chi connectivity index (χ1n) is 5.85. The third-order valence-electron chi connectivity index (χ3n) is 2.67. The van der Waals surface area contributed by atoms with Crippen molar-refractivity contribution in [2.24, 2.45) is 0 Å². The lowest BCUT2D eigenvalue weighted by atomic mass is 10.2. The van der Waals surface area contributed by atoms with E-state index in [2.05, 4.69) is 35.2 Å². The topological polar surface area (TPSA) is 37.8 Å². The van der Waals surface area contributed by atoms with Gasteiger partial charge in [-0.3, -0.25) is 0 Å². The van der Waals surface area contributed by atoms with Crippen molar-refractivity contribution in [3.8, 4) is 10.7 Å². The van der Waals surface area contributed by atoms with Crippen LogP contribution in [0.25, 0.3) is 10.7 Å². The van der Waals surface area contributed by atoms with Crippen LogP contribution in [0.2, 0.25) is 0 Å². The molecule has 0 saturated carbocycles. The van der Waals surface area contributed by atoms with Crippen molar-refractivity contribution in [2.45, 2.75) is 27.2 Å². The van der Waals surface area contributed by atoms with E-state index in [0.717, 1.165) is 40.7 Å².